The summed E-state index contributed by atoms with van der Waals surface area (Å²) in [4.78, 5) is 30.0. The molecule has 2 saturated carbocycles. The maximum absolute atomic E-state index is 13.2. The van der Waals surface area contributed by atoms with Crippen LogP contribution in [-0.2, 0) is 16.1 Å². The quantitative estimate of drug-likeness (QED) is 0.813. The first kappa shape index (κ1) is 17.6. The molecule has 1 aromatic heterocycles. The van der Waals surface area contributed by atoms with E-state index < -0.39 is 0 Å². The molecule has 0 spiro atoms. The van der Waals surface area contributed by atoms with Gasteiger partial charge in [-0.15, -0.1) is 0 Å². The second-order valence-electron chi connectivity index (χ2n) is 8.45. The molecule has 2 bridgehead atoms. The van der Waals surface area contributed by atoms with Crippen molar-refractivity contribution in [3.8, 4) is 0 Å². The molecule has 0 aromatic carbocycles. The van der Waals surface area contributed by atoms with Gasteiger partial charge in [0, 0.05) is 44.0 Å². The van der Waals surface area contributed by atoms with E-state index in [4.69, 9.17) is 0 Å². The number of nitrogens with zero attached hydrogens (tertiary/aromatic N) is 3. The van der Waals surface area contributed by atoms with Crippen molar-refractivity contribution in [2.45, 2.75) is 58.0 Å². The van der Waals surface area contributed by atoms with Crippen molar-refractivity contribution in [2.24, 2.45) is 17.8 Å². The molecule has 142 valence electrons. The van der Waals surface area contributed by atoms with E-state index in [0.717, 1.165) is 25.2 Å². The summed E-state index contributed by atoms with van der Waals surface area (Å²) in [6, 6.07) is 4.08. The van der Waals surface area contributed by atoms with Crippen LogP contribution in [0.25, 0.3) is 0 Å². The molecule has 2 amide bonds. The van der Waals surface area contributed by atoms with Gasteiger partial charge in [0.1, 0.15) is 6.54 Å². The van der Waals surface area contributed by atoms with Gasteiger partial charge in [0.15, 0.2) is 0 Å². The number of fused-ring (bicyclic) bond motifs is 2. The Morgan fingerprint density at radius 2 is 1.88 bits per heavy atom. The lowest BCUT2D eigenvalue weighted by atomic mass is 9.87. The molecule has 4 atom stereocenters. The smallest absolute Gasteiger partial charge is 0.242 e. The number of piperazine rings is 1. The molecule has 4 rings (SSSR count). The van der Waals surface area contributed by atoms with Crippen molar-refractivity contribution in [3.05, 3.63) is 24.5 Å². The number of hydrogen-bond acceptors (Lipinski definition) is 2. The third-order valence-corrected chi connectivity index (χ3v) is 6.78. The molecule has 5 nitrogen and oxygen atoms in total. The van der Waals surface area contributed by atoms with Gasteiger partial charge in [-0.2, -0.15) is 0 Å². The summed E-state index contributed by atoms with van der Waals surface area (Å²) in [5.41, 5.74) is 0. The highest BCUT2D eigenvalue weighted by atomic mass is 16.2. The molecule has 3 fully saturated rings. The number of carbonyl (C=O) groups excluding carboxylic acids is 2. The second-order valence-corrected chi connectivity index (χ2v) is 8.45. The summed E-state index contributed by atoms with van der Waals surface area (Å²) in [7, 11) is 0. The van der Waals surface area contributed by atoms with Crippen LogP contribution in [0.1, 0.15) is 45.4 Å². The molecule has 1 aliphatic heterocycles. The van der Waals surface area contributed by atoms with Crippen molar-refractivity contribution >= 4 is 11.8 Å². The molecule has 1 saturated heterocycles. The van der Waals surface area contributed by atoms with Crippen LogP contribution >= 0.6 is 0 Å². The standard InChI is InChI=1S/C21H31N3O2/c1-2-5-18-14-23(20(25)15-22-8-3-4-9-22)10-11-24(18)21(26)19-13-16-6-7-17(19)12-16/h3-4,8-9,16-19H,2,5-7,10-15H2,1H3/t16-,17+,18?,19-/m1/s1. The summed E-state index contributed by atoms with van der Waals surface area (Å²) in [6.45, 7) is 4.63. The maximum Gasteiger partial charge on any atom is 0.242 e. The minimum absolute atomic E-state index is 0.161. The van der Waals surface area contributed by atoms with Gasteiger partial charge in [0.2, 0.25) is 11.8 Å². The van der Waals surface area contributed by atoms with Gasteiger partial charge in [-0.25, -0.2) is 0 Å². The second kappa shape index (κ2) is 7.45. The molecule has 2 aliphatic carbocycles. The minimum Gasteiger partial charge on any atom is -0.345 e. The van der Waals surface area contributed by atoms with Crippen LogP contribution in [0.5, 0.6) is 0 Å². The Labute approximate surface area is 156 Å². The number of rotatable bonds is 5. The maximum atomic E-state index is 13.2. The Bertz CT molecular complexity index is 642. The molecule has 0 radical (unpaired) electrons. The topological polar surface area (TPSA) is 45.6 Å². The Kier molecular flexibility index (Phi) is 5.05. The van der Waals surface area contributed by atoms with E-state index in [-0.39, 0.29) is 17.9 Å². The molecular formula is C21H31N3O2. The highest BCUT2D eigenvalue weighted by Crippen LogP contribution is 2.49. The van der Waals surface area contributed by atoms with Gasteiger partial charge >= 0.3 is 0 Å². The third-order valence-electron chi connectivity index (χ3n) is 6.78. The monoisotopic (exact) mass is 357 g/mol. The fourth-order valence-corrected chi connectivity index (χ4v) is 5.44. The van der Waals surface area contributed by atoms with Gasteiger partial charge in [-0.05, 0) is 49.7 Å². The van der Waals surface area contributed by atoms with Gasteiger partial charge < -0.3 is 14.4 Å². The van der Waals surface area contributed by atoms with E-state index in [1.54, 1.807) is 0 Å². The van der Waals surface area contributed by atoms with Gasteiger partial charge in [0.05, 0.1) is 0 Å². The van der Waals surface area contributed by atoms with Crippen LogP contribution in [0.3, 0.4) is 0 Å². The van der Waals surface area contributed by atoms with Gasteiger partial charge in [-0.1, -0.05) is 19.8 Å². The molecule has 1 aromatic rings. The van der Waals surface area contributed by atoms with Crippen LogP contribution in [0.15, 0.2) is 24.5 Å². The van der Waals surface area contributed by atoms with Crippen LogP contribution in [0, 0.1) is 17.8 Å². The Balaban J connectivity index is 1.40. The molecular weight excluding hydrogens is 326 g/mol. The molecule has 5 heteroatoms. The summed E-state index contributed by atoms with van der Waals surface area (Å²) < 4.78 is 1.92. The lowest BCUT2D eigenvalue weighted by Gasteiger charge is -2.43. The molecule has 3 aliphatic rings. The zero-order chi connectivity index (χ0) is 18.1. The highest BCUT2D eigenvalue weighted by Gasteiger charge is 2.46. The predicted molar refractivity (Wildman–Crippen MR) is 100 cm³/mol. The van der Waals surface area contributed by atoms with Crippen LogP contribution in [-0.4, -0.2) is 51.9 Å². The van der Waals surface area contributed by atoms with E-state index in [9.17, 15) is 9.59 Å². The molecule has 26 heavy (non-hydrogen) atoms. The minimum atomic E-state index is 0.161. The fraction of sp³-hybridized carbons (Fsp3) is 0.714. The molecule has 1 unspecified atom stereocenters. The first-order valence-electron chi connectivity index (χ1n) is 10.3. The molecule has 2 heterocycles. The van der Waals surface area contributed by atoms with Crippen LogP contribution in [0.4, 0.5) is 0 Å². The van der Waals surface area contributed by atoms with E-state index >= 15 is 0 Å². The van der Waals surface area contributed by atoms with Crippen LogP contribution < -0.4 is 0 Å². The van der Waals surface area contributed by atoms with Crippen molar-refractivity contribution in [2.75, 3.05) is 19.6 Å². The SMILES string of the molecule is CCCC1CN(C(=O)Cn2cccc2)CCN1C(=O)[C@@H]1C[C@@H]2CC[C@H]1C2. The van der Waals surface area contributed by atoms with E-state index in [1.807, 2.05) is 34.0 Å². The zero-order valence-corrected chi connectivity index (χ0v) is 15.8. The van der Waals surface area contributed by atoms with Gasteiger partial charge in [-0.3, -0.25) is 9.59 Å². The first-order chi connectivity index (χ1) is 12.7. The fourth-order valence-electron chi connectivity index (χ4n) is 5.44. The summed E-state index contributed by atoms with van der Waals surface area (Å²) in [5.74, 6) is 2.23. The Morgan fingerprint density at radius 1 is 1.08 bits per heavy atom. The van der Waals surface area contributed by atoms with Crippen molar-refractivity contribution in [3.63, 3.8) is 0 Å². The number of carbonyl (C=O) groups is 2. The zero-order valence-electron chi connectivity index (χ0n) is 15.8. The van der Waals surface area contributed by atoms with Crippen LogP contribution in [0.2, 0.25) is 0 Å². The lowest BCUT2D eigenvalue weighted by Crippen LogP contribution is -2.58. The van der Waals surface area contributed by atoms with Crippen molar-refractivity contribution in [1.82, 2.24) is 14.4 Å². The largest absolute Gasteiger partial charge is 0.345 e. The Hall–Kier alpha value is -1.78. The first-order valence-corrected chi connectivity index (χ1v) is 10.3. The lowest BCUT2D eigenvalue weighted by molar-refractivity contribution is -0.147. The molecule has 0 N–H and O–H groups in total. The van der Waals surface area contributed by atoms with E-state index in [2.05, 4.69) is 11.8 Å². The average Bonchev–Trinajstić information content (AvgIpc) is 3.39. The Morgan fingerprint density at radius 3 is 2.54 bits per heavy atom. The number of hydrogen-bond donors (Lipinski definition) is 0. The van der Waals surface area contributed by atoms with Gasteiger partial charge in [0.25, 0.3) is 0 Å². The number of aromatic nitrogens is 1. The average molecular weight is 357 g/mol. The summed E-state index contributed by atoms with van der Waals surface area (Å²) in [6.07, 6.45) is 10.8. The normalized spacial score (nSPS) is 30.8. The van der Waals surface area contributed by atoms with E-state index in [1.165, 1.54) is 19.3 Å². The summed E-state index contributed by atoms with van der Waals surface area (Å²) >= 11 is 0. The number of amides is 2. The van der Waals surface area contributed by atoms with Crippen molar-refractivity contribution in [1.29, 1.82) is 0 Å². The third kappa shape index (κ3) is 3.40. The van der Waals surface area contributed by atoms with E-state index in [0.29, 0.717) is 38.0 Å². The van der Waals surface area contributed by atoms with Crippen molar-refractivity contribution < 1.29 is 9.59 Å². The highest BCUT2D eigenvalue weighted by molar-refractivity contribution is 5.81. The summed E-state index contributed by atoms with van der Waals surface area (Å²) in [5, 5.41) is 0. The predicted octanol–water partition coefficient (Wildman–Crippen LogP) is 2.76.